The SMILES string of the molecule is CCCC1CCC(N)C(CN2CCC(C)CC2)C1. The molecule has 1 heterocycles. The lowest BCUT2D eigenvalue weighted by molar-refractivity contribution is 0.122. The van der Waals surface area contributed by atoms with Crippen LogP contribution in [0.15, 0.2) is 0 Å². The second-order valence-corrected chi connectivity index (χ2v) is 6.87. The lowest BCUT2D eigenvalue weighted by Gasteiger charge is -2.39. The van der Waals surface area contributed by atoms with E-state index in [0.717, 1.165) is 17.8 Å². The number of hydrogen-bond donors (Lipinski definition) is 1. The van der Waals surface area contributed by atoms with Crippen LogP contribution < -0.4 is 5.73 Å². The summed E-state index contributed by atoms with van der Waals surface area (Å²) in [5, 5.41) is 0. The zero-order chi connectivity index (χ0) is 13.0. The van der Waals surface area contributed by atoms with Gasteiger partial charge in [0.1, 0.15) is 0 Å². The fourth-order valence-electron chi connectivity index (χ4n) is 3.84. The molecule has 1 saturated carbocycles. The monoisotopic (exact) mass is 252 g/mol. The van der Waals surface area contributed by atoms with Crippen molar-refractivity contribution in [3.05, 3.63) is 0 Å². The molecule has 1 saturated heterocycles. The zero-order valence-corrected chi connectivity index (χ0v) is 12.4. The Bertz CT molecular complexity index is 233. The van der Waals surface area contributed by atoms with Gasteiger partial charge >= 0.3 is 0 Å². The van der Waals surface area contributed by atoms with Crippen molar-refractivity contribution in [1.82, 2.24) is 4.90 Å². The van der Waals surface area contributed by atoms with Gasteiger partial charge in [-0.25, -0.2) is 0 Å². The summed E-state index contributed by atoms with van der Waals surface area (Å²) in [7, 11) is 0. The van der Waals surface area contributed by atoms with E-state index in [-0.39, 0.29) is 0 Å². The molecule has 2 heteroatoms. The molecule has 3 unspecified atom stereocenters. The molecule has 0 bridgehead atoms. The van der Waals surface area contributed by atoms with Crippen LogP contribution in [-0.4, -0.2) is 30.6 Å². The van der Waals surface area contributed by atoms with Gasteiger partial charge in [-0.1, -0.05) is 26.7 Å². The number of hydrogen-bond acceptors (Lipinski definition) is 2. The third kappa shape index (κ3) is 3.96. The topological polar surface area (TPSA) is 29.3 Å². The molecule has 106 valence electrons. The molecule has 2 fully saturated rings. The normalized spacial score (nSPS) is 35.8. The van der Waals surface area contributed by atoms with Gasteiger partial charge in [0.15, 0.2) is 0 Å². The number of nitrogens with zero attached hydrogens (tertiary/aromatic N) is 1. The molecule has 0 amide bonds. The van der Waals surface area contributed by atoms with Crippen molar-refractivity contribution < 1.29 is 0 Å². The van der Waals surface area contributed by atoms with Crippen LogP contribution in [0.4, 0.5) is 0 Å². The molecule has 0 aromatic carbocycles. The summed E-state index contributed by atoms with van der Waals surface area (Å²) < 4.78 is 0. The van der Waals surface area contributed by atoms with Gasteiger partial charge in [-0.2, -0.15) is 0 Å². The van der Waals surface area contributed by atoms with E-state index in [4.69, 9.17) is 5.73 Å². The second kappa shape index (κ2) is 6.91. The first-order valence-electron chi connectivity index (χ1n) is 8.17. The van der Waals surface area contributed by atoms with E-state index in [2.05, 4.69) is 18.7 Å². The van der Waals surface area contributed by atoms with Crippen molar-refractivity contribution in [2.75, 3.05) is 19.6 Å². The molecule has 18 heavy (non-hydrogen) atoms. The van der Waals surface area contributed by atoms with E-state index in [0.29, 0.717) is 6.04 Å². The summed E-state index contributed by atoms with van der Waals surface area (Å²) in [4.78, 5) is 2.68. The van der Waals surface area contributed by atoms with E-state index in [9.17, 15) is 0 Å². The number of likely N-dealkylation sites (tertiary alicyclic amines) is 1. The van der Waals surface area contributed by atoms with Crippen molar-refractivity contribution in [2.45, 2.75) is 64.8 Å². The predicted molar refractivity (Wildman–Crippen MR) is 78.6 cm³/mol. The fourth-order valence-corrected chi connectivity index (χ4v) is 3.84. The van der Waals surface area contributed by atoms with Crippen LogP contribution in [0.3, 0.4) is 0 Å². The van der Waals surface area contributed by atoms with Crippen LogP contribution in [0.5, 0.6) is 0 Å². The molecule has 0 aromatic rings. The zero-order valence-electron chi connectivity index (χ0n) is 12.4. The Balaban J connectivity index is 1.79. The molecule has 1 aliphatic carbocycles. The minimum absolute atomic E-state index is 0.470. The molecule has 2 N–H and O–H groups in total. The highest BCUT2D eigenvalue weighted by Crippen LogP contribution is 2.32. The first-order chi connectivity index (χ1) is 8.69. The van der Waals surface area contributed by atoms with Gasteiger partial charge in [0.2, 0.25) is 0 Å². The van der Waals surface area contributed by atoms with Crippen molar-refractivity contribution in [3.8, 4) is 0 Å². The van der Waals surface area contributed by atoms with Gasteiger partial charge in [-0.3, -0.25) is 0 Å². The maximum atomic E-state index is 6.36. The number of nitrogens with two attached hydrogens (primary N) is 1. The second-order valence-electron chi connectivity index (χ2n) is 6.87. The number of rotatable bonds is 4. The van der Waals surface area contributed by atoms with Gasteiger partial charge < -0.3 is 10.6 Å². The summed E-state index contributed by atoms with van der Waals surface area (Å²) in [5.41, 5.74) is 6.36. The van der Waals surface area contributed by atoms with Crippen molar-refractivity contribution in [1.29, 1.82) is 0 Å². The summed E-state index contributed by atoms with van der Waals surface area (Å²) in [5.74, 6) is 2.67. The largest absolute Gasteiger partial charge is 0.327 e. The Morgan fingerprint density at radius 1 is 1.11 bits per heavy atom. The van der Waals surface area contributed by atoms with Crippen LogP contribution in [0, 0.1) is 17.8 Å². The molecule has 0 spiro atoms. The highest BCUT2D eigenvalue weighted by Gasteiger charge is 2.29. The first kappa shape index (κ1) is 14.3. The Morgan fingerprint density at radius 3 is 2.50 bits per heavy atom. The molecule has 1 aliphatic heterocycles. The molecule has 0 aromatic heterocycles. The van der Waals surface area contributed by atoms with Crippen molar-refractivity contribution in [3.63, 3.8) is 0 Å². The quantitative estimate of drug-likeness (QED) is 0.832. The van der Waals surface area contributed by atoms with Gasteiger partial charge in [-0.15, -0.1) is 0 Å². The van der Waals surface area contributed by atoms with Crippen LogP contribution in [0.1, 0.15) is 58.8 Å². The summed E-state index contributed by atoms with van der Waals surface area (Å²) in [6, 6.07) is 0.470. The van der Waals surface area contributed by atoms with Crippen LogP contribution in [0.2, 0.25) is 0 Å². The molecule has 2 aliphatic rings. The third-order valence-corrected chi connectivity index (χ3v) is 5.22. The lowest BCUT2D eigenvalue weighted by Crippen LogP contribution is -2.45. The predicted octanol–water partition coefficient (Wildman–Crippen LogP) is 3.26. The van der Waals surface area contributed by atoms with E-state index in [1.54, 1.807) is 0 Å². The lowest BCUT2D eigenvalue weighted by atomic mass is 9.76. The maximum Gasteiger partial charge on any atom is 0.00795 e. The van der Waals surface area contributed by atoms with E-state index in [1.807, 2.05) is 0 Å². The van der Waals surface area contributed by atoms with E-state index < -0.39 is 0 Å². The standard InChI is InChI=1S/C16H32N2/c1-3-4-14-5-6-16(17)15(11-14)12-18-9-7-13(2)8-10-18/h13-16H,3-12,17H2,1-2H3. The minimum Gasteiger partial charge on any atom is -0.327 e. The fraction of sp³-hybridized carbons (Fsp3) is 1.00. The van der Waals surface area contributed by atoms with Crippen LogP contribution in [0.25, 0.3) is 0 Å². The van der Waals surface area contributed by atoms with Gasteiger partial charge in [0, 0.05) is 12.6 Å². The minimum atomic E-state index is 0.470. The molecular formula is C16H32N2. The Morgan fingerprint density at radius 2 is 1.83 bits per heavy atom. The van der Waals surface area contributed by atoms with Crippen molar-refractivity contribution in [2.24, 2.45) is 23.5 Å². The van der Waals surface area contributed by atoms with Gasteiger partial charge in [0.05, 0.1) is 0 Å². The average molecular weight is 252 g/mol. The van der Waals surface area contributed by atoms with E-state index >= 15 is 0 Å². The summed E-state index contributed by atoms with van der Waals surface area (Å²) in [6.07, 6.45) is 9.57. The Kier molecular flexibility index (Phi) is 5.50. The number of piperidine rings is 1. The smallest absolute Gasteiger partial charge is 0.00795 e. The molecule has 2 rings (SSSR count). The van der Waals surface area contributed by atoms with Crippen LogP contribution in [-0.2, 0) is 0 Å². The molecule has 0 radical (unpaired) electrons. The molecular weight excluding hydrogens is 220 g/mol. The third-order valence-electron chi connectivity index (χ3n) is 5.22. The highest BCUT2D eigenvalue weighted by molar-refractivity contribution is 4.85. The average Bonchev–Trinajstić information content (AvgIpc) is 2.36. The van der Waals surface area contributed by atoms with Crippen molar-refractivity contribution >= 4 is 0 Å². The summed E-state index contributed by atoms with van der Waals surface area (Å²) in [6.45, 7) is 8.59. The van der Waals surface area contributed by atoms with Crippen LogP contribution >= 0.6 is 0 Å². The summed E-state index contributed by atoms with van der Waals surface area (Å²) >= 11 is 0. The maximum absolute atomic E-state index is 6.36. The Labute approximate surface area is 113 Å². The van der Waals surface area contributed by atoms with E-state index in [1.165, 1.54) is 64.6 Å². The van der Waals surface area contributed by atoms with Gasteiger partial charge in [-0.05, 0) is 62.9 Å². The van der Waals surface area contributed by atoms with Gasteiger partial charge in [0.25, 0.3) is 0 Å². The molecule has 3 atom stereocenters. The molecule has 2 nitrogen and oxygen atoms in total. The Hall–Kier alpha value is -0.0800. The highest BCUT2D eigenvalue weighted by atomic mass is 15.1. The first-order valence-corrected chi connectivity index (χ1v) is 8.17.